The first-order valence-corrected chi connectivity index (χ1v) is 9.05. The Morgan fingerprint density at radius 3 is 2.78 bits per heavy atom. The van der Waals surface area contributed by atoms with Crippen LogP contribution in [0.25, 0.3) is 20.8 Å². The number of ether oxygens (including phenoxy) is 1. The van der Waals surface area contributed by atoms with E-state index in [2.05, 4.69) is 22.4 Å². The molecule has 0 aliphatic carbocycles. The van der Waals surface area contributed by atoms with E-state index in [-0.39, 0.29) is 0 Å². The van der Waals surface area contributed by atoms with Crippen LogP contribution in [0, 0.1) is 0 Å². The number of anilines is 1. The minimum atomic E-state index is 0.350. The quantitative estimate of drug-likeness (QED) is 0.580. The number of fused-ring (bicyclic) bond motifs is 1. The molecule has 120 valence electrons. The molecule has 2 aromatic carbocycles. The van der Waals surface area contributed by atoms with Crippen LogP contribution < -0.4 is 10.1 Å². The van der Waals surface area contributed by atoms with E-state index in [1.807, 2.05) is 37.4 Å². The molecule has 0 aliphatic heterocycles. The SMILES string of the molecule is CNc1ccc(-c2nc3ccc(OCCCSF)cc3s2)cc1. The maximum Gasteiger partial charge on any atom is 0.124 e. The molecule has 0 unspecified atom stereocenters. The van der Waals surface area contributed by atoms with Gasteiger partial charge in [-0.05, 0) is 48.9 Å². The second-order valence-electron chi connectivity index (χ2n) is 4.99. The number of nitrogens with one attached hydrogen (secondary N) is 1. The lowest BCUT2D eigenvalue weighted by molar-refractivity contribution is 0.319. The first-order chi connectivity index (χ1) is 11.3. The lowest BCUT2D eigenvalue weighted by Crippen LogP contribution is -1.97. The van der Waals surface area contributed by atoms with Crippen molar-refractivity contribution in [2.45, 2.75) is 6.42 Å². The second-order valence-corrected chi connectivity index (χ2v) is 6.65. The topological polar surface area (TPSA) is 34.2 Å². The molecular weight excluding hydrogens is 331 g/mol. The summed E-state index contributed by atoms with van der Waals surface area (Å²) in [5, 5.41) is 4.10. The van der Waals surface area contributed by atoms with Gasteiger partial charge in [-0.3, -0.25) is 0 Å². The number of aromatic nitrogens is 1. The number of thiazole rings is 1. The van der Waals surface area contributed by atoms with Crippen molar-refractivity contribution in [3.8, 4) is 16.3 Å². The average Bonchev–Trinajstić information content (AvgIpc) is 3.02. The summed E-state index contributed by atoms with van der Waals surface area (Å²) in [6, 6.07) is 14.1. The molecule has 1 aromatic heterocycles. The molecule has 0 bridgehead atoms. The number of nitrogens with zero attached hydrogens (tertiary/aromatic N) is 1. The van der Waals surface area contributed by atoms with E-state index < -0.39 is 0 Å². The summed E-state index contributed by atoms with van der Waals surface area (Å²) in [6.45, 7) is 0.527. The van der Waals surface area contributed by atoms with Gasteiger partial charge in [0.15, 0.2) is 0 Å². The minimum Gasteiger partial charge on any atom is -0.494 e. The zero-order valence-electron chi connectivity index (χ0n) is 12.7. The van der Waals surface area contributed by atoms with Crippen LogP contribution in [0.4, 0.5) is 9.57 Å². The second kappa shape index (κ2) is 7.66. The fourth-order valence-electron chi connectivity index (χ4n) is 2.20. The van der Waals surface area contributed by atoms with Crippen molar-refractivity contribution < 1.29 is 8.62 Å². The number of hydrogen-bond donors (Lipinski definition) is 1. The van der Waals surface area contributed by atoms with Crippen LogP contribution in [0.3, 0.4) is 0 Å². The molecule has 0 atom stereocenters. The lowest BCUT2D eigenvalue weighted by atomic mass is 10.2. The number of hydrogen-bond acceptors (Lipinski definition) is 5. The summed E-state index contributed by atoms with van der Waals surface area (Å²) in [6.07, 6.45) is 0.699. The normalized spacial score (nSPS) is 10.9. The first kappa shape index (κ1) is 16.1. The van der Waals surface area contributed by atoms with Crippen molar-refractivity contribution >= 4 is 39.4 Å². The zero-order chi connectivity index (χ0) is 16.1. The molecule has 1 heterocycles. The molecule has 0 saturated heterocycles. The summed E-state index contributed by atoms with van der Waals surface area (Å²) in [5.41, 5.74) is 3.15. The van der Waals surface area contributed by atoms with Gasteiger partial charge in [-0.2, -0.15) is 3.89 Å². The van der Waals surface area contributed by atoms with E-state index in [1.165, 1.54) is 0 Å². The number of benzene rings is 2. The van der Waals surface area contributed by atoms with Gasteiger partial charge in [0.25, 0.3) is 0 Å². The third-order valence-electron chi connectivity index (χ3n) is 3.41. The lowest BCUT2D eigenvalue weighted by Gasteiger charge is -2.04. The molecule has 23 heavy (non-hydrogen) atoms. The van der Waals surface area contributed by atoms with Crippen molar-refractivity contribution in [2.24, 2.45) is 0 Å². The highest BCUT2D eigenvalue weighted by Crippen LogP contribution is 2.32. The molecule has 6 heteroatoms. The predicted molar refractivity (Wildman–Crippen MR) is 98.3 cm³/mol. The number of halogens is 1. The van der Waals surface area contributed by atoms with Crippen molar-refractivity contribution in [3.05, 3.63) is 42.5 Å². The Balaban J connectivity index is 1.78. The van der Waals surface area contributed by atoms with Crippen molar-refractivity contribution in [2.75, 3.05) is 24.7 Å². The predicted octanol–water partition coefficient (Wildman–Crippen LogP) is 5.39. The fraction of sp³-hybridized carbons (Fsp3) is 0.235. The van der Waals surface area contributed by atoms with Crippen LogP contribution in [0.15, 0.2) is 42.5 Å². The van der Waals surface area contributed by atoms with Crippen LogP contribution in [0.2, 0.25) is 0 Å². The van der Waals surface area contributed by atoms with Crippen LogP contribution in [0.1, 0.15) is 6.42 Å². The van der Waals surface area contributed by atoms with Gasteiger partial charge in [0.05, 0.1) is 16.8 Å². The third-order valence-corrected chi connectivity index (χ3v) is 4.93. The smallest absolute Gasteiger partial charge is 0.124 e. The van der Waals surface area contributed by atoms with Crippen LogP contribution in [-0.4, -0.2) is 24.4 Å². The van der Waals surface area contributed by atoms with E-state index in [0.717, 1.165) is 32.2 Å². The van der Waals surface area contributed by atoms with Gasteiger partial charge in [0, 0.05) is 36.2 Å². The average molecular weight is 348 g/mol. The monoisotopic (exact) mass is 348 g/mol. The van der Waals surface area contributed by atoms with Crippen LogP contribution in [-0.2, 0) is 0 Å². The third kappa shape index (κ3) is 3.95. The Morgan fingerprint density at radius 1 is 1.22 bits per heavy atom. The molecule has 0 amide bonds. The molecule has 0 spiro atoms. The van der Waals surface area contributed by atoms with Crippen molar-refractivity contribution in [1.29, 1.82) is 0 Å². The highest BCUT2D eigenvalue weighted by Gasteiger charge is 2.07. The molecule has 0 aliphatic rings. The van der Waals surface area contributed by atoms with E-state index in [1.54, 1.807) is 11.3 Å². The molecule has 3 aromatic rings. The van der Waals surface area contributed by atoms with Gasteiger partial charge >= 0.3 is 0 Å². The summed E-state index contributed by atoms with van der Waals surface area (Å²) in [5.74, 6) is 1.28. The standard InChI is InChI=1S/C17H17FN2OS2/c1-19-13-5-3-12(4-6-13)17-20-15-8-7-14(11-16(15)23-17)21-9-2-10-22-18/h3-8,11,19H,2,9-10H2,1H3. The van der Waals surface area contributed by atoms with Crippen molar-refractivity contribution in [3.63, 3.8) is 0 Å². The summed E-state index contributed by atoms with van der Waals surface area (Å²) in [7, 11) is 1.90. The molecule has 0 saturated carbocycles. The minimum absolute atomic E-state index is 0.350. The van der Waals surface area contributed by atoms with Crippen LogP contribution >= 0.6 is 23.5 Å². The van der Waals surface area contributed by atoms with Gasteiger partial charge in [-0.1, -0.05) is 0 Å². The first-order valence-electron chi connectivity index (χ1n) is 7.35. The molecule has 3 rings (SSSR count). The van der Waals surface area contributed by atoms with Gasteiger partial charge in [-0.15, -0.1) is 11.3 Å². The van der Waals surface area contributed by atoms with E-state index in [0.29, 0.717) is 30.9 Å². The van der Waals surface area contributed by atoms with Gasteiger partial charge in [0.1, 0.15) is 10.8 Å². The Labute approximate surface area is 143 Å². The molecule has 0 fully saturated rings. The summed E-state index contributed by atoms with van der Waals surface area (Å²) < 4.78 is 18.7. The maximum absolute atomic E-state index is 12.0. The highest BCUT2D eigenvalue weighted by atomic mass is 32.2. The Hall–Kier alpha value is -1.79. The van der Waals surface area contributed by atoms with E-state index in [9.17, 15) is 3.89 Å². The van der Waals surface area contributed by atoms with Gasteiger partial charge < -0.3 is 10.1 Å². The number of rotatable bonds is 7. The zero-order valence-corrected chi connectivity index (χ0v) is 14.3. The summed E-state index contributed by atoms with van der Waals surface area (Å²) >= 11 is 2.00. The Bertz CT molecular complexity index is 774. The molecule has 0 radical (unpaired) electrons. The van der Waals surface area contributed by atoms with E-state index in [4.69, 9.17) is 4.74 Å². The molecular formula is C17H17FN2OS2. The van der Waals surface area contributed by atoms with Crippen LogP contribution in [0.5, 0.6) is 5.75 Å². The highest BCUT2D eigenvalue weighted by molar-refractivity contribution is 7.94. The molecule has 1 N–H and O–H groups in total. The largest absolute Gasteiger partial charge is 0.494 e. The van der Waals surface area contributed by atoms with Gasteiger partial charge in [-0.25, -0.2) is 4.98 Å². The Morgan fingerprint density at radius 2 is 2.04 bits per heavy atom. The van der Waals surface area contributed by atoms with Gasteiger partial charge in [0.2, 0.25) is 0 Å². The summed E-state index contributed by atoms with van der Waals surface area (Å²) in [4.78, 5) is 4.68. The fourth-order valence-corrected chi connectivity index (χ4v) is 3.43. The molecule has 3 nitrogen and oxygen atoms in total. The maximum atomic E-state index is 12.0. The van der Waals surface area contributed by atoms with E-state index >= 15 is 0 Å². The van der Waals surface area contributed by atoms with Crippen molar-refractivity contribution in [1.82, 2.24) is 4.98 Å². The Kier molecular flexibility index (Phi) is 5.35.